The summed E-state index contributed by atoms with van der Waals surface area (Å²) in [6.07, 6.45) is 4.19. The van der Waals surface area contributed by atoms with E-state index in [0.717, 1.165) is 41.0 Å². The van der Waals surface area contributed by atoms with Crippen LogP contribution in [-0.2, 0) is 4.79 Å². The SMILES string of the molecule is COc1cccc2cc(-c3nc(C4CCC(C(=O)O)CC4)n4ncnc(N)c34)[nH]c12.[Cl-]. The summed E-state index contributed by atoms with van der Waals surface area (Å²) < 4.78 is 7.22. The largest absolute Gasteiger partial charge is 1.00 e. The first-order chi connectivity index (χ1) is 14.6. The minimum Gasteiger partial charge on any atom is -1.00 e. The molecule has 5 rings (SSSR count). The fraction of sp³-hybridized carbons (Fsp3) is 0.333. The maximum Gasteiger partial charge on any atom is 0.306 e. The second-order valence-corrected chi connectivity index (χ2v) is 7.72. The van der Waals surface area contributed by atoms with E-state index in [0.29, 0.717) is 29.9 Å². The van der Waals surface area contributed by atoms with Crippen molar-refractivity contribution in [3.05, 3.63) is 36.4 Å². The zero-order chi connectivity index (χ0) is 20.8. The third-order valence-electron chi connectivity index (χ3n) is 6.02. The smallest absolute Gasteiger partial charge is 0.306 e. The summed E-state index contributed by atoms with van der Waals surface area (Å²) in [5.74, 6) is 1.01. The number of carbonyl (C=O) groups is 1. The topological polar surface area (TPSA) is 131 Å². The minimum absolute atomic E-state index is 0. The summed E-state index contributed by atoms with van der Waals surface area (Å²) in [5, 5.41) is 14.7. The van der Waals surface area contributed by atoms with Gasteiger partial charge in [-0.1, -0.05) is 12.1 Å². The van der Waals surface area contributed by atoms with Crippen LogP contribution < -0.4 is 22.9 Å². The molecule has 162 valence electrons. The number of ether oxygens (including phenoxy) is 1. The van der Waals surface area contributed by atoms with Crippen molar-refractivity contribution in [1.82, 2.24) is 24.6 Å². The van der Waals surface area contributed by atoms with Crippen molar-refractivity contribution in [3.63, 3.8) is 0 Å². The Labute approximate surface area is 184 Å². The van der Waals surface area contributed by atoms with Crippen molar-refractivity contribution in [3.8, 4) is 17.1 Å². The van der Waals surface area contributed by atoms with Crippen LogP contribution in [-0.4, -0.2) is 42.8 Å². The van der Waals surface area contributed by atoms with E-state index >= 15 is 0 Å². The van der Waals surface area contributed by atoms with Crippen LogP contribution in [0.1, 0.15) is 37.4 Å². The number of aliphatic carboxylic acids is 1. The van der Waals surface area contributed by atoms with Crippen LogP contribution in [0.2, 0.25) is 0 Å². The van der Waals surface area contributed by atoms with Crippen molar-refractivity contribution in [2.45, 2.75) is 31.6 Å². The number of nitrogen functional groups attached to an aromatic ring is 1. The number of aromatic nitrogens is 5. The number of aromatic amines is 1. The van der Waals surface area contributed by atoms with E-state index in [1.807, 2.05) is 24.3 Å². The highest BCUT2D eigenvalue weighted by Gasteiger charge is 2.31. The van der Waals surface area contributed by atoms with Gasteiger partial charge in [-0.2, -0.15) is 5.10 Å². The highest BCUT2D eigenvalue weighted by molar-refractivity contribution is 5.93. The number of para-hydroxylation sites is 1. The maximum atomic E-state index is 11.3. The first-order valence-corrected chi connectivity index (χ1v) is 9.94. The number of carboxylic acid groups (broad SMARTS) is 1. The fourth-order valence-electron chi connectivity index (χ4n) is 4.45. The number of nitrogens with zero attached hydrogens (tertiary/aromatic N) is 4. The van der Waals surface area contributed by atoms with Gasteiger partial charge in [0.05, 0.1) is 24.2 Å². The number of nitrogens with two attached hydrogens (primary N) is 1. The molecule has 0 atom stereocenters. The van der Waals surface area contributed by atoms with Crippen LogP contribution >= 0.6 is 0 Å². The first kappa shape index (κ1) is 20.9. The lowest BCUT2D eigenvalue weighted by molar-refractivity contribution is -0.142. The van der Waals surface area contributed by atoms with E-state index in [4.69, 9.17) is 15.5 Å². The van der Waals surface area contributed by atoms with Crippen LogP contribution in [0.3, 0.4) is 0 Å². The van der Waals surface area contributed by atoms with Crippen molar-refractivity contribution < 1.29 is 27.0 Å². The van der Waals surface area contributed by atoms with Gasteiger partial charge in [0.2, 0.25) is 0 Å². The average molecular weight is 442 g/mol. The number of hydrogen-bond donors (Lipinski definition) is 3. The second kappa shape index (κ2) is 8.07. The van der Waals surface area contributed by atoms with Crippen LogP contribution in [0.25, 0.3) is 27.8 Å². The Kier molecular flexibility index (Phi) is 5.45. The Morgan fingerprint density at radius 3 is 2.77 bits per heavy atom. The number of nitrogens with one attached hydrogen (secondary N) is 1. The monoisotopic (exact) mass is 441 g/mol. The van der Waals surface area contributed by atoms with Crippen LogP contribution in [0.5, 0.6) is 5.75 Å². The molecule has 1 aromatic carbocycles. The Morgan fingerprint density at radius 1 is 1.29 bits per heavy atom. The van der Waals surface area contributed by atoms with Crippen molar-refractivity contribution in [1.29, 1.82) is 0 Å². The zero-order valence-electron chi connectivity index (χ0n) is 16.9. The van der Waals surface area contributed by atoms with Crippen molar-refractivity contribution in [2.24, 2.45) is 5.92 Å². The Hall–Kier alpha value is -3.33. The van der Waals surface area contributed by atoms with Crippen LogP contribution in [0.15, 0.2) is 30.6 Å². The molecule has 0 unspecified atom stereocenters. The number of carboxylic acids is 1. The van der Waals surface area contributed by atoms with Gasteiger partial charge in [0, 0.05) is 11.3 Å². The lowest BCUT2D eigenvalue weighted by Crippen LogP contribution is -3.00. The molecule has 4 N–H and O–H groups in total. The van der Waals surface area contributed by atoms with Gasteiger partial charge in [-0.25, -0.2) is 14.5 Å². The van der Waals surface area contributed by atoms with Crippen molar-refractivity contribution >= 4 is 28.2 Å². The number of rotatable bonds is 4. The summed E-state index contributed by atoms with van der Waals surface area (Å²) in [4.78, 5) is 23.8. The molecule has 1 saturated carbocycles. The number of imidazole rings is 1. The van der Waals surface area contributed by atoms with E-state index in [1.54, 1.807) is 11.6 Å². The number of fused-ring (bicyclic) bond motifs is 2. The van der Waals surface area contributed by atoms with Gasteiger partial charge in [-0.05, 0) is 37.8 Å². The van der Waals surface area contributed by atoms with Crippen LogP contribution in [0, 0.1) is 5.92 Å². The van der Waals surface area contributed by atoms with Gasteiger partial charge in [0.15, 0.2) is 5.82 Å². The van der Waals surface area contributed by atoms with Gasteiger partial charge in [-0.3, -0.25) is 4.79 Å². The van der Waals surface area contributed by atoms with Gasteiger partial charge in [0.25, 0.3) is 0 Å². The Balaban J connectivity index is 0.00000231. The molecule has 0 spiro atoms. The lowest BCUT2D eigenvalue weighted by Gasteiger charge is -2.24. The Bertz CT molecular complexity index is 1260. The number of methoxy groups -OCH3 is 1. The summed E-state index contributed by atoms with van der Waals surface area (Å²) in [6.45, 7) is 0. The molecule has 1 fully saturated rings. The second-order valence-electron chi connectivity index (χ2n) is 7.72. The molecule has 3 aromatic heterocycles. The number of H-pyrrole nitrogens is 1. The van der Waals surface area contributed by atoms with Gasteiger partial charge < -0.3 is 33.0 Å². The molecular weight excluding hydrogens is 420 g/mol. The number of anilines is 1. The number of benzene rings is 1. The molecular formula is C21H22ClN6O3-. The molecule has 1 aliphatic rings. The van der Waals surface area contributed by atoms with E-state index in [9.17, 15) is 9.90 Å². The molecule has 9 nitrogen and oxygen atoms in total. The minimum atomic E-state index is -0.722. The molecule has 0 aliphatic heterocycles. The molecule has 31 heavy (non-hydrogen) atoms. The molecule has 0 bridgehead atoms. The maximum absolute atomic E-state index is 11.3. The molecule has 3 heterocycles. The normalized spacial score (nSPS) is 18.7. The quantitative estimate of drug-likeness (QED) is 0.413. The summed E-state index contributed by atoms with van der Waals surface area (Å²) in [7, 11) is 1.64. The van der Waals surface area contributed by atoms with Crippen LogP contribution in [0.4, 0.5) is 5.82 Å². The molecule has 0 amide bonds. The zero-order valence-corrected chi connectivity index (χ0v) is 17.6. The summed E-state index contributed by atoms with van der Waals surface area (Å²) in [6, 6.07) is 7.85. The average Bonchev–Trinajstić information content (AvgIpc) is 3.36. The number of halogens is 1. The first-order valence-electron chi connectivity index (χ1n) is 9.94. The highest BCUT2D eigenvalue weighted by Crippen LogP contribution is 2.39. The summed E-state index contributed by atoms with van der Waals surface area (Å²) >= 11 is 0. The van der Waals surface area contributed by atoms with E-state index < -0.39 is 5.97 Å². The highest BCUT2D eigenvalue weighted by atomic mass is 35.5. The predicted molar refractivity (Wildman–Crippen MR) is 111 cm³/mol. The van der Waals surface area contributed by atoms with E-state index in [2.05, 4.69) is 15.1 Å². The van der Waals surface area contributed by atoms with Crippen molar-refractivity contribution in [2.75, 3.05) is 12.8 Å². The van der Waals surface area contributed by atoms with E-state index in [1.165, 1.54) is 6.33 Å². The molecule has 1 aliphatic carbocycles. The molecule has 4 aromatic rings. The standard InChI is InChI=1S/C21H22N6O3.ClH/c1-30-15-4-2-3-13-9-14(25-16(13)15)17-18-19(22)23-10-24-27(18)20(26-17)11-5-7-12(8-6-11)21(28)29;/h2-4,9-12,25H,5-8H2,1H3,(H,28,29)(H2,22,23,24);1H/p-1. The van der Waals surface area contributed by atoms with E-state index in [-0.39, 0.29) is 24.2 Å². The molecule has 0 radical (unpaired) electrons. The third-order valence-corrected chi connectivity index (χ3v) is 6.02. The fourth-order valence-corrected chi connectivity index (χ4v) is 4.45. The van der Waals surface area contributed by atoms with Gasteiger partial charge in [-0.15, -0.1) is 0 Å². The molecule has 10 heteroatoms. The van der Waals surface area contributed by atoms with Gasteiger partial charge in [0.1, 0.15) is 29.1 Å². The number of hydrogen-bond acceptors (Lipinski definition) is 6. The lowest BCUT2D eigenvalue weighted by atomic mass is 9.82. The predicted octanol–water partition coefficient (Wildman–Crippen LogP) is 0.226. The Morgan fingerprint density at radius 2 is 2.06 bits per heavy atom. The van der Waals surface area contributed by atoms with Gasteiger partial charge >= 0.3 is 5.97 Å². The third kappa shape index (κ3) is 3.44. The molecule has 0 saturated heterocycles. The summed E-state index contributed by atoms with van der Waals surface area (Å²) in [5.41, 5.74) is 9.24.